The number of aromatic nitrogens is 1. The van der Waals surface area contributed by atoms with Crippen molar-refractivity contribution in [1.29, 1.82) is 0 Å². The van der Waals surface area contributed by atoms with E-state index < -0.39 is 5.97 Å². The number of anilines is 2. The van der Waals surface area contributed by atoms with Crippen molar-refractivity contribution in [3.8, 4) is 0 Å². The minimum Gasteiger partial charge on any atom is -0.461 e. The minimum absolute atomic E-state index is 0.316. The van der Waals surface area contributed by atoms with Crippen LogP contribution < -0.4 is 5.32 Å². The van der Waals surface area contributed by atoms with Crippen molar-refractivity contribution in [3.63, 3.8) is 0 Å². The number of nitrogens with one attached hydrogen (secondary N) is 1. The van der Waals surface area contributed by atoms with Crippen LogP contribution in [-0.4, -0.2) is 17.6 Å². The highest BCUT2D eigenvalue weighted by Crippen LogP contribution is 2.17. The van der Waals surface area contributed by atoms with Gasteiger partial charge in [-0.1, -0.05) is 12.1 Å². The second-order valence-corrected chi connectivity index (χ2v) is 4.15. The van der Waals surface area contributed by atoms with Gasteiger partial charge >= 0.3 is 5.97 Å². The Morgan fingerprint density at radius 1 is 1.26 bits per heavy atom. The molecule has 0 fully saturated rings. The third kappa shape index (κ3) is 3.55. The van der Waals surface area contributed by atoms with Gasteiger partial charge in [-0.3, -0.25) is 0 Å². The highest BCUT2D eigenvalue weighted by Gasteiger charge is 2.07. The maximum absolute atomic E-state index is 11.5. The Kier molecular flexibility index (Phi) is 4.13. The van der Waals surface area contributed by atoms with Crippen LogP contribution in [0, 0.1) is 6.92 Å². The van der Waals surface area contributed by atoms with E-state index in [4.69, 9.17) is 4.74 Å². The molecule has 4 heteroatoms. The molecule has 1 N–H and O–H groups in total. The number of aryl methyl sites for hydroxylation is 1. The summed E-state index contributed by atoms with van der Waals surface area (Å²) in [5.74, 6) is -0.399. The van der Waals surface area contributed by atoms with Crippen LogP contribution in [0.1, 0.15) is 23.0 Å². The fourth-order valence-electron chi connectivity index (χ4n) is 1.68. The molecular formula is C15H16N2O2. The quantitative estimate of drug-likeness (QED) is 0.853. The van der Waals surface area contributed by atoms with E-state index in [2.05, 4.69) is 10.3 Å². The van der Waals surface area contributed by atoms with Gasteiger partial charge in [0.05, 0.1) is 18.5 Å². The summed E-state index contributed by atoms with van der Waals surface area (Å²) in [6.45, 7) is 4.16. The van der Waals surface area contributed by atoms with Gasteiger partial charge < -0.3 is 10.1 Å². The van der Waals surface area contributed by atoms with Crippen molar-refractivity contribution in [1.82, 2.24) is 4.98 Å². The summed E-state index contributed by atoms with van der Waals surface area (Å²) in [5, 5.41) is 3.23. The van der Waals surface area contributed by atoms with Gasteiger partial charge in [-0.05, 0) is 43.7 Å². The number of ether oxygens (including phenoxy) is 1. The van der Waals surface area contributed by atoms with E-state index in [9.17, 15) is 4.79 Å². The molecule has 0 saturated heterocycles. The average Bonchev–Trinajstić information content (AvgIpc) is 2.40. The summed E-state index contributed by atoms with van der Waals surface area (Å²) in [5.41, 5.74) is 3.32. The third-order valence-electron chi connectivity index (χ3n) is 2.55. The first kappa shape index (κ1) is 13.1. The van der Waals surface area contributed by atoms with Crippen LogP contribution >= 0.6 is 0 Å². The Morgan fingerprint density at radius 2 is 2.11 bits per heavy atom. The van der Waals surface area contributed by atoms with Gasteiger partial charge in [0, 0.05) is 5.69 Å². The predicted molar refractivity (Wildman–Crippen MR) is 74.7 cm³/mol. The molecule has 0 aliphatic heterocycles. The van der Waals surface area contributed by atoms with E-state index in [0.29, 0.717) is 12.3 Å². The second kappa shape index (κ2) is 6.00. The summed E-state index contributed by atoms with van der Waals surface area (Å²) in [6, 6.07) is 11.5. The lowest BCUT2D eigenvalue weighted by atomic mass is 10.2. The molecule has 0 amide bonds. The zero-order valence-electron chi connectivity index (χ0n) is 11.0. The molecule has 2 aromatic rings. The molecule has 0 aliphatic carbocycles. The molecule has 0 aliphatic rings. The fraction of sp³-hybridized carbons (Fsp3) is 0.200. The number of carbonyl (C=O) groups is 1. The number of benzene rings is 1. The number of carbonyl (C=O) groups excluding carboxylic acids is 1. The van der Waals surface area contributed by atoms with E-state index in [1.807, 2.05) is 37.3 Å². The van der Waals surface area contributed by atoms with Gasteiger partial charge in [-0.15, -0.1) is 0 Å². The fourth-order valence-corrected chi connectivity index (χ4v) is 1.68. The molecule has 0 atom stereocenters. The van der Waals surface area contributed by atoms with Crippen LogP contribution in [0.3, 0.4) is 0 Å². The van der Waals surface area contributed by atoms with Crippen LogP contribution in [0.5, 0.6) is 0 Å². The summed E-state index contributed by atoms with van der Waals surface area (Å²) < 4.78 is 4.88. The van der Waals surface area contributed by atoms with Crippen LogP contribution in [0.25, 0.3) is 0 Å². The SMILES string of the molecule is CCOC(=O)c1ccc(Nc2cccc(C)c2)cn1. The maximum Gasteiger partial charge on any atom is 0.356 e. The molecule has 1 heterocycles. The molecule has 1 aromatic carbocycles. The zero-order valence-corrected chi connectivity index (χ0v) is 11.0. The molecule has 0 radical (unpaired) electrons. The largest absolute Gasteiger partial charge is 0.461 e. The molecule has 0 bridgehead atoms. The highest BCUT2D eigenvalue weighted by molar-refractivity contribution is 5.87. The molecule has 2 rings (SSSR count). The highest BCUT2D eigenvalue weighted by atomic mass is 16.5. The van der Waals surface area contributed by atoms with Crippen molar-refractivity contribution in [2.45, 2.75) is 13.8 Å². The number of hydrogen-bond donors (Lipinski definition) is 1. The Bertz CT molecular complexity index is 565. The van der Waals surface area contributed by atoms with Crippen molar-refractivity contribution >= 4 is 17.3 Å². The van der Waals surface area contributed by atoms with Gasteiger partial charge in [0.2, 0.25) is 0 Å². The molecule has 1 aromatic heterocycles. The molecule has 0 spiro atoms. The van der Waals surface area contributed by atoms with Gasteiger partial charge in [-0.2, -0.15) is 0 Å². The Balaban J connectivity index is 2.08. The summed E-state index contributed by atoms with van der Waals surface area (Å²) in [6.07, 6.45) is 1.62. The molecule has 0 unspecified atom stereocenters. The monoisotopic (exact) mass is 256 g/mol. The number of hydrogen-bond acceptors (Lipinski definition) is 4. The number of rotatable bonds is 4. The molecule has 98 valence electrons. The van der Waals surface area contributed by atoms with Crippen molar-refractivity contribution < 1.29 is 9.53 Å². The van der Waals surface area contributed by atoms with Crippen molar-refractivity contribution in [3.05, 3.63) is 53.9 Å². The van der Waals surface area contributed by atoms with E-state index in [1.165, 1.54) is 5.56 Å². The normalized spacial score (nSPS) is 10.0. The molecule has 0 saturated carbocycles. The lowest BCUT2D eigenvalue weighted by Gasteiger charge is -2.07. The van der Waals surface area contributed by atoms with E-state index >= 15 is 0 Å². The van der Waals surface area contributed by atoms with Crippen molar-refractivity contribution in [2.75, 3.05) is 11.9 Å². The smallest absolute Gasteiger partial charge is 0.356 e. The van der Waals surface area contributed by atoms with E-state index in [1.54, 1.807) is 19.2 Å². The van der Waals surface area contributed by atoms with Crippen LogP contribution in [0.2, 0.25) is 0 Å². The summed E-state index contributed by atoms with van der Waals surface area (Å²) in [7, 11) is 0. The van der Waals surface area contributed by atoms with Gasteiger partial charge in [0.1, 0.15) is 5.69 Å². The minimum atomic E-state index is -0.399. The van der Waals surface area contributed by atoms with Crippen LogP contribution in [0.4, 0.5) is 11.4 Å². The standard InChI is InChI=1S/C15H16N2O2/c1-3-19-15(18)14-8-7-13(10-16-14)17-12-6-4-5-11(2)9-12/h4-10,17H,3H2,1-2H3. The first-order valence-corrected chi connectivity index (χ1v) is 6.16. The summed E-state index contributed by atoms with van der Waals surface area (Å²) in [4.78, 5) is 15.5. The van der Waals surface area contributed by atoms with Crippen LogP contribution in [-0.2, 0) is 4.74 Å². The lowest BCUT2D eigenvalue weighted by molar-refractivity contribution is 0.0519. The van der Waals surface area contributed by atoms with E-state index in [-0.39, 0.29) is 0 Å². The molecule has 4 nitrogen and oxygen atoms in total. The Labute approximate surface area is 112 Å². The number of nitrogens with zero attached hydrogens (tertiary/aromatic N) is 1. The summed E-state index contributed by atoms with van der Waals surface area (Å²) >= 11 is 0. The third-order valence-corrected chi connectivity index (χ3v) is 2.55. The number of esters is 1. The Hall–Kier alpha value is -2.36. The van der Waals surface area contributed by atoms with Gasteiger partial charge in [0.15, 0.2) is 0 Å². The van der Waals surface area contributed by atoms with Gasteiger partial charge in [0.25, 0.3) is 0 Å². The van der Waals surface area contributed by atoms with E-state index in [0.717, 1.165) is 11.4 Å². The zero-order chi connectivity index (χ0) is 13.7. The topological polar surface area (TPSA) is 51.2 Å². The Morgan fingerprint density at radius 3 is 2.74 bits per heavy atom. The lowest BCUT2D eigenvalue weighted by Crippen LogP contribution is -2.06. The molecular weight excluding hydrogens is 240 g/mol. The second-order valence-electron chi connectivity index (χ2n) is 4.15. The predicted octanol–water partition coefficient (Wildman–Crippen LogP) is 3.31. The average molecular weight is 256 g/mol. The molecule has 19 heavy (non-hydrogen) atoms. The van der Waals surface area contributed by atoms with Gasteiger partial charge in [-0.25, -0.2) is 9.78 Å². The first-order chi connectivity index (χ1) is 9.19. The van der Waals surface area contributed by atoms with Crippen LogP contribution in [0.15, 0.2) is 42.6 Å². The number of pyridine rings is 1. The van der Waals surface area contributed by atoms with Crippen molar-refractivity contribution in [2.24, 2.45) is 0 Å². The maximum atomic E-state index is 11.5. The first-order valence-electron chi connectivity index (χ1n) is 6.16.